The van der Waals surface area contributed by atoms with E-state index in [0.717, 1.165) is 37.7 Å². The van der Waals surface area contributed by atoms with Crippen molar-refractivity contribution in [3.63, 3.8) is 0 Å². The molecular weight excluding hydrogens is 627 g/mol. The molecule has 2 atom stereocenters. The zero-order valence-electron chi connectivity index (χ0n) is 22.7. The number of sulfonamides is 1. The van der Waals surface area contributed by atoms with E-state index in [1.54, 1.807) is 55.5 Å². The summed E-state index contributed by atoms with van der Waals surface area (Å²) < 4.78 is 30.3. The minimum Gasteiger partial charge on any atom is -0.305 e. The van der Waals surface area contributed by atoms with Crippen molar-refractivity contribution in [3.05, 3.63) is 86.0 Å². The number of hydrogen-bond donors (Lipinski definition) is 1. The lowest BCUT2D eigenvalue weighted by Gasteiger charge is -2.44. The molecule has 0 spiro atoms. The van der Waals surface area contributed by atoms with E-state index in [2.05, 4.69) is 17.2 Å². The van der Waals surface area contributed by atoms with Crippen LogP contribution in [-0.2, 0) is 10.0 Å². The van der Waals surface area contributed by atoms with Crippen LogP contribution in [0.4, 0.5) is 5.82 Å². The Hall–Kier alpha value is -2.57. The van der Waals surface area contributed by atoms with Gasteiger partial charge in [0.1, 0.15) is 0 Å². The summed E-state index contributed by atoms with van der Waals surface area (Å²) in [5.74, 6) is -0.138. The molecule has 1 fully saturated rings. The molecule has 4 rings (SSSR count). The average Bonchev–Trinajstić information content (AvgIpc) is 2.90. The van der Waals surface area contributed by atoms with Crippen LogP contribution in [0, 0.1) is 3.57 Å². The number of nitrogens with zero attached hydrogens (tertiary/aromatic N) is 3. The monoisotopic (exact) mass is 662 g/mol. The number of hydrogen-bond acceptors (Lipinski definition) is 5. The predicted molar refractivity (Wildman–Crippen MR) is 163 cm³/mol. The molecular formula is C29H35IN4O4S. The van der Waals surface area contributed by atoms with Gasteiger partial charge in [-0.05, 0) is 98.9 Å². The fourth-order valence-corrected chi connectivity index (χ4v) is 7.32. The van der Waals surface area contributed by atoms with E-state index in [9.17, 15) is 18.0 Å². The van der Waals surface area contributed by atoms with E-state index in [4.69, 9.17) is 0 Å². The van der Waals surface area contributed by atoms with E-state index in [1.165, 1.54) is 4.57 Å². The quantitative estimate of drug-likeness (QED) is 0.317. The number of halogens is 1. The molecule has 0 radical (unpaired) electrons. The number of carbonyl (C=O) groups excluding carboxylic acids is 1. The third-order valence-electron chi connectivity index (χ3n) is 7.06. The molecule has 1 saturated heterocycles. The first-order chi connectivity index (χ1) is 18.4. The van der Waals surface area contributed by atoms with Crippen LogP contribution in [0.15, 0.2) is 65.6 Å². The van der Waals surface area contributed by atoms with Crippen LogP contribution in [0.5, 0.6) is 0 Å². The van der Waals surface area contributed by atoms with Gasteiger partial charge in [0.25, 0.3) is 5.91 Å². The summed E-state index contributed by atoms with van der Waals surface area (Å²) in [5.41, 5.74) is 1.47. The molecule has 0 saturated carbocycles. The van der Waals surface area contributed by atoms with Gasteiger partial charge in [-0.15, -0.1) is 0 Å². The van der Waals surface area contributed by atoms with Crippen molar-refractivity contribution in [2.45, 2.75) is 76.6 Å². The Morgan fingerprint density at radius 2 is 1.74 bits per heavy atom. The zero-order valence-corrected chi connectivity index (χ0v) is 25.7. The molecule has 1 unspecified atom stereocenters. The Kier molecular flexibility index (Phi) is 8.97. The molecule has 1 N–H and O–H groups in total. The first-order valence-corrected chi connectivity index (χ1v) is 15.7. The normalized spacial score (nSPS) is 18.6. The molecule has 10 heteroatoms. The number of rotatable bonds is 7. The van der Waals surface area contributed by atoms with Crippen molar-refractivity contribution in [1.82, 2.24) is 13.9 Å². The van der Waals surface area contributed by atoms with Crippen LogP contribution in [0.25, 0.3) is 5.69 Å². The molecule has 8 nitrogen and oxygen atoms in total. The molecule has 0 aliphatic carbocycles. The topological polar surface area (TPSA) is 101 Å². The second-order valence-electron chi connectivity index (χ2n) is 10.8. The Labute approximate surface area is 244 Å². The standard InChI is InChI=1S/C29H35IN4O4S/c1-5-10-23-13-9-14-25(34(23)39(37,38)29(2,3)4)20-15-17-22(18-16-20)33-19-24(30)26(32-28(33)36)31-27(35)21-11-7-6-8-12-21/h6-8,11-12,15-19,23,25H,5,9-10,13-14H2,1-4H3,(H,31,32,35,36)/t23?,25-/m0/s1. The first kappa shape index (κ1) is 29.4. The number of nitrogens with one attached hydrogen (secondary N) is 1. The molecule has 1 aliphatic rings. The van der Waals surface area contributed by atoms with Gasteiger partial charge in [0.2, 0.25) is 10.0 Å². The average molecular weight is 663 g/mol. The third-order valence-corrected chi connectivity index (χ3v) is 10.5. The maximum absolute atomic E-state index is 13.7. The molecule has 208 valence electrons. The Morgan fingerprint density at radius 1 is 1.08 bits per heavy atom. The maximum Gasteiger partial charge on any atom is 0.354 e. The van der Waals surface area contributed by atoms with Gasteiger partial charge in [-0.3, -0.25) is 9.36 Å². The minimum atomic E-state index is -3.55. The molecule has 2 heterocycles. The fraction of sp³-hybridized carbons (Fsp3) is 0.414. The minimum absolute atomic E-state index is 0.0234. The van der Waals surface area contributed by atoms with Crippen LogP contribution < -0.4 is 11.0 Å². The van der Waals surface area contributed by atoms with Crippen molar-refractivity contribution in [3.8, 4) is 5.69 Å². The SMILES string of the molecule is CCCC1CCC[C@@H](c2ccc(-n3cc(I)c(NC(=O)c4ccccc4)nc3=O)cc2)N1S(=O)(=O)C(C)(C)C. The van der Waals surface area contributed by atoms with Crippen molar-refractivity contribution in [2.75, 3.05) is 5.32 Å². The number of carbonyl (C=O) groups is 1. The summed E-state index contributed by atoms with van der Waals surface area (Å²) in [6.45, 7) is 7.36. The Balaban J connectivity index is 1.62. The second kappa shape index (κ2) is 11.9. The molecule has 0 bridgehead atoms. The van der Waals surface area contributed by atoms with Gasteiger partial charge in [-0.1, -0.05) is 43.7 Å². The lowest BCUT2D eigenvalue weighted by molar-refractivity contribution is 0.102. The summed E-state index contributed by atoms with van der Waals surface area (Å²) in [5, 5.41) is 2.71. The highest BCUT2D eigenvalue weighted by atomic mass is 127. The van der Waals surface area contributed by atoms with Crippen molar-refractivity contribution in [1.29, 1.82) is 0 Å². The van der Waals surface area contributed by atoms with Gasteiger partial charge in [0, 0.05) is 17.8 Å². The smallest absolute Gasteiger partial charge is 0.305 e. The largest absolute Gasteiger partial charge is 0.354 e. The first-order valence-electron chi connectivity index (χ1n) is 13.2. The lowest BCUT2D eigenvalue weighted by atomic mass is 9.91. The van der Waals surface area contributed by atoms with Gasteiger partial charge >= 0.3 is 5.69 Å². The lowest BCUT2D eigenvalue weighted by Crippen LogP contribution is -2.51. The number of anilines is 1. The van der Waals surface area contributed by atoms with Gasteiger partial charge in [-0.2, -0.15) is 9.29 Å². The molecule has 1 aromatic heterocycles. The summed E-state index contributed by atoms with van der Waals surface area (Å²) in [4.78, 5) is 29.6. The number of amides is 1. The van der Waals surface area contributed by atoms with Gasteiger partial charge in [-0.25, -0.2) is 13.2 Å². The van der Waals surface area contributed by atoms with Crippen LogP contribution in [0.3, 0.4) is 0 Å². The molecule has 3 aromatic rings. The van der Waals surface area contributed by atoms with Crippen molar-refractivity contribution < 1.29 is 13.2 Å². The van der Waals surface area contributed by atoms with E-state index < -0.39 is 20.5 Å². The number of benzene rings is 2. The van der Waals surface area contributed by atoms with Crippen LogP contribution in [0.1, 0.15) is 81.8 Å². The van der Waals surface area contributed by atoms with Crippen LogP contribution in [-0.4, -0.2) is 39.0 Å². The van der Waals surface area contributed by atoms with Gasteiger partial charge < -0.3 is 5.32 Å². The van der Waals surface area contributed by atoms with E-state index in [1.807, 2.05) is 52.9 Å². The predicted octanol–water partition coefficient (Wildman–Crippen LogP) is 5.91. The summed E-state index contributed by atoms with van der Waals surface area (Å²) in [7, 11) is -3.55. The number of aromatic nitrogens is 2. The van der Waals surface area contributed by atoms with Gasteiger partial charge in [0.15, 0.2) is 5.82 Å². The maximum atomic E-state index is 13.7. The molecule has 1 amide bonds. The highest BCUT2D eigenvalue weighted by molar-refractivity contribution is 14.1. The van der Waals surface area contributed by atoms with Crippen molar-refractivity contribution >= 4 is 44.3 Å². The summed E-state index contributed by atoms with van der Waals surface area (Å²) in [6, 6.07) is 15.9. The summed E-state index contributed by atoms with van der Waals surface area (Å²) in [6.07, 6.45) is 5.97. The third kappa shape index (κ3) is 6.28. The van der Waals surface area contributed by atoms with Crippen LogP contribution >= 0.6 is 22.6 Å². The van der Waals surface area contributed by atoms with E-state index in [0.29, 0.717) is 14.8 Å². The number of piperidine rings is 1. The fourth-order valence-electron chi connectivity index (χ4n) is 4.99. The Bertz CT molecular complexity index is 1480. The Morgan fingerprint density at radius 3 is 2.36 bits per heavy atom. The highest BCUT2D eigenvalue weighted by Crippen LogP contribution is 2.41. The van der Waals surface area contributed by atoms with Crippen LogP contribution in [0.2, 0.25) is 0 Å². The van der Waals surface area contributed by atoms with E-state index in [-0.39, 0.29) is 23.8 Å². The second-order valence-corrected chi connectivity index (χ2v) is 14.6. The molecule has 2 aromatic carbocycles. The summed E-state index contributed by atoms with van der Waals surface area (Å²) >= 11 is 2.04. The van der Waals surface area contributed by atoms with Crippen molar-refractivity contribution in [2.24, 2.45) is 0 Å². The zero-order chi connectivity index (χ0) is 28.4. The molecule has 1 aliphatic heterocycles. The molecule has 39 heavy (non-hydrogen) atoms. The van der Waals surface area contributed by atoms with Gasteiger partial charge in [0.05, 0.1) is 20.0 Å². The highest BCUT2D eigenvalue weighted by Gasteiger charge is 2.44. The van der Waals surface area contributed by atoms with E-state index >= 15 is 0 Å².